The number of aromatic amines is 1. The highest BCUT2D eigenvalue weighted by Crippen LogP contribution is 2.13. The lowest BCUT2D eigenvalue weighted by atomic mass is 10.2. The van der Waals surface area contributed by atoms with Gasteiger partial charge in [0.15, 0.2) is 11.2 Å². The molecule has 0 aliphatic heterocycles. The second kappa shape index (κ2) is 5.05. The molecule has 0 radical (unpaired) electrons. The predicted molar refractivity (Wildman–Crippen MR) is 80.6 cm³/mol. The van der Waals surface area contributed by atoms with Crippen LogP contribution in [0.4, 0.5) is 0 Å². The Morgan fingerprint density at radius 3 is 2.52 bits per heavy atom. The average molecular weight is 284 g/mol. The van der Waals surface area contributed by atoms with Gasteiger partial charge in [-0.2, -0.15) is 0 Å². The molecule has 0 aliphatic rings. The van der Waals surface area contributed by atoms with E-state index in [1.807, 2.05) is 48.7 Å². The van der Waals surface area contributed by atoms with Crippen molar-refractivity contribution in [3.63, 3.8) is 0 Å². The van der Waals surface area contributed by atoms with Crippen molar-refractivity contribution in [3.05, 3.63) is 62.6 Å². The van der Waals surface area contributed by atoms with Crippen molar-refractivity contribution in [2.24, 2.45) is 0 Å². The van der Waals surface area contributed by atoms with Crippen molar-refractivity contribution in [3.8, 4) is 0 Å². The first kappa shape index (κ1) is 13.4. The molecule has 0 aliphatic carbocycles. The van der Waals surface area contributed by atoms with Crippen LogP contribution in [0.1, 0.15) is 18.3 Å². The minimum atomic E-state index is -0.417. The van der Waals surface area contributed by atoms with Crippen LogP contribution in [0.25, 0.3) is 11.2 Å². The Labute approximate surface area is 120 Å². The molecule has 0 saturated carbocycles. The van der Waals surface area contributed by atoms with E-state index in [4.69, 9.17) is 0 Å². The number of nitrogens with one attached hydrogen (secondary N) is 1. The molecule has 3 rings (SSSR count). The average Bonchev–Trinajstić information content (AvgIpc) is 2.78. The number of nitrogens with zero attached hydrogens (tertiary/aromatic N) is 3. The van der Waals surface area contributed by atoms with Crippen molar-refractivity contribution in [2.75, 3.05) is 0 Å². The van der Waals surface area contributed by atoms with Gasteiger partial charge in [0.05, 0.1) is 0 Å². The van der Waals surface area contributed by atoms with Gasteiger partial charge < -0.3 is 4.57 Å². The van der Waals surface area contributed by atoms with E-state index >= 15 is 0 Å². The number of rotatable bonds is 3. The monoisotopic (exact) mass is 284 g/mol. The number of fused-ring (bicyclic) bond motifs is 1. The SMILES string of the molecule is CCn1c(=O)[nH]c(=O)c2c1nc(C)n2Cc1ccccc1. The van der Waals surface area contributed by atoms with E-state index in [-0.39, 0.29) is 0 Å². The molecule has 6 nitrogen and oxygen atoms in total. The Kier molecular flexibility index (Phi) is 3.21. The van der Waals surface area contributed by atoms with Gasteiger partial charge in [-0.25, -0.2) is 9.78 Å². The molecular weight excluding hydrogens is 268 g/mol. The number of aromatic nitrogens is 4. The van der Waals surface area contributed by atoms with Gasteiger partial charge in [-0.1, -0.05) is 30.3 Å². The molecule has 0 saturated heterocycles. The lowest BCUT2D eigenvalue weighted by molar-refractivity contribution is 0.717. The van der Waals surface area contributed by atoms with Crippen LogP contribution in [0.5, 0.6) is 0 Å². The summed E-state index contributed by atoms with van der Waals surface area (Å²) in [6.07, 6.45) is 0. The van der Waals surface area contributed by atoms with Crippen molar-refractivity contribution in [2.45, 2.75) is 26.9 Å². The highest BCUT2D eigenvalue weighted by Gasteiger charge is 2.15. The summed E-state index contributed by atoms with van der Waals surface area (Å²) in [4.78, 5) is 30.8. The first-order valence-corrected chi connectivity index (χ1v) is 6.85. The lowest BCUT2D eigenvalue weighted by Gasteiger charge is -2.07. The van der Waals surface area contributed by atoms with Gasteiger partial charge in [-0.15, -0.1) is 0 Å². The number of aryl methyl sites for hydroxylation is 2. The first-order valence-electron chi connectivity index (χ1n) is 6.85. The lowest BCUT2D eigenvalue weighted by Crippen LogP contribution is -2.30. The molecule has 1 aromatic carbocycles. The van der Waals surface area contributed by atoms with Gasteiger partial charge in [0.25, 0.3) is 5.56 Å². The van der Waals surface area contributed by atoms with Gasteiger partial charge in [0.2, 0.25) is 0 Å². The zero-order chi connectivity index (χ0) is 15.0. The minimum absolute atomic E-state index is 0.392. The van der Waals surface area contributed by atoms with Gasteiger partial charge in [0, 0.05) is 13.1 Å². The summed E-state index contributed by atoms with van der Waals surface area (Å²) in [6.45, 7) is 4.71. The van der Waals surface area contributed by atoms with Crippen LogP contribution >= 0.6 is 0 Å². The largest absolute Gasteiger partial charge is 0.330 e. The molecular formula is C15H16N4O2. The van der Waals surface area contributed by atoms with Crippen molar-refractivity contribution in [1.82, 2.24) is 19.1 Å². The van der Waals surface area contributed by atoms with Gasteiger partial charge in [0.1, 0.15) is 5.82 Å². The number of hydrogen-bond acceptors (Lipinski definition) is 3. The summed E-state index contributed by atoms with van der Waals surface area (Å²) in [5, 5.41) is 0. The highest BCUT2D eigenvalue weighted by molar-refractivity contribution is 5.71. The molecule has 0 fully saturated rings. The van der Waals surface area contributed by atoms with E-state index in [1.165, 1.54) is 4.57 Å². The maximum atomic E-state index is 12.2. The molecule has 6 heteroatoms. The molecule has 0 atom stereocenters. The van der Waals surface area contributed by atoms with Crippen LogP contribution in [0.3, 0.4) is 0 Å². The minimum Gasteiger partial charge on any atom is -0.318 e. The number of benzene rings is 1. The Morgan fingerprint density at radius 2 is 1.86 bits per heavy atom. The Morgan fingerprint density at radius 1 is 1.14 bits per heavy atom. The number of imidazole rings is 1. The molecule has 0 unspecified atom stereocenters. The third kappa shape index (κ3) is 2.18. The zero-order valence-corrected chi connectivity index (χ0v) is 12.0. The number of hydrogen-bond donors (Lipinski definition) is 1. The van der Waals surface area contributed by atoms with E-state index < -0.39 is 11.2 Å². The fraction of sp³-hybridized carbons (Fsp3) is 0.267. The second-order valence-corrected chi connectivity index (χ2v) is 4.91. The number of H-pyrrole nitrogens is 1. The van der Waals surface area contributed by atoms with E-state index in [2.05, 4.69) is 9.97 Å². The quantitative estimate of drug-likeness (QED) is 0.787. The second-order valence-electron chi connectivity index (χ2n) is 4.91. The molecule has 2 heterocycles. The molecule has 108 valence electrons. The van der Waals surface area contributed by atoms with Gasteiger partial charge >= 0.3 is 5.69 Å². The van der Waals surface area contributed by atoms with E-state index in [0.29, 0.717) is 30.1 Å². The van der Waals surface area contributed by atoms with Crippen LogP contribution in [0.2, 0.25) is 0 Å². The van der Waals surface area contributed by atoms with E-state index in [1.54, 1.807) is 0 Å². The van der Waals surface area contributed by atoms with Crippen LogP contribution in [0.15, 0.2) is 39.9 Å². The first-order chi connectivity index (χ1) is 10.1. The van der Waals surface area contributed by atoms with Crippen molar-refractivity contribution >= 4 is 11.2 Å². The third-order valence-electron chi connectivity index (χ3n) is 3.58. The third-order valence-corrected chi connectivity index (χ3v) is 3.58. The van der Waals surface area contributed by atoms with Gasteiger partial charge in [-0.3, -0.25) is 14.3 Å². The van der Waals surface area contributed by atoms with Crippen LogP contribution in [0, 0.1) is 6.92 Å². The summed E-state index contributed by atoms with van der Waals surface area (Å²) in [6, 6.07) is 9.85. The summed E-state index contributed by atoms with van der Waals surface area (Å²) < 4.78 is 3.32. The topological polar surface area (TPSA) is 72.7 Å². The summed E-state index contributed by atoms with van der Waals surface area (Å²) in [5.74, 6) is 0.715. The highest BCUT2D eigenvalue weighted by atomic mass is 16.2. The standard InChI is InChI=1S/C15H16N4O2/c1-3-18-13-12(14(20)17-15(18)21)19(10(2)16-13)9-11-7-5-4-6-8-11/h4-8H,3,9H2,1-2H3,(H,17,20,21). The van der Waals surface area contributed by atoms with Gasteiger partial charge in [-0.05, 0) is 19.4 Å². The predicted octanol–water partition coefficient (Wildman–Crippen LogP) is 1.26. The maximum absolute atomic E-state index is 12.2. The summed E-state index contributed by atoms with van der Waals surface area (Å²) in [7, 11) is 0. The van der Waals surface area contributed by atoms with Crippen LogP contribution in [-0.2, 0) is 13.1 Å². The fourth-order valence-electron chi connectivity index (χ4n) is 2.53. The molecule has 2 aromatic heterocycles. The molecule has 0 amide bonds. The maximum Gasteiger partial charge on any atom is 0.330 e. The Balaban J connectivity index is 2.27. The Hall–Kier alpha value is -2.63. The molecule has 0 bridgehead atoms. The van der Waals surface area contributed by atoms with E-state index in [0.717, 1.165) is 5.56 Å². The van der Waals surface area contributed by atoms with Crippen LogP contribution in [-0.4, -0.2) is 19.1 Å². The van der Waals surface area contributed by atoms with Crippen molar-refractivity contribution in [1.29, 1.82) is 0 Å². The zero-order valence-electron chi connectivity index (χ0n) is 12.0. The summed E-state index contributed by atoms with van der Waals surface area (Å²) in [5.41, 5.74) is 1.15. The normalized spacial score (nSPS) is 11.1. The molecule has 1 N–H and O–H groups in total. The smallest absolute Gasteiger partial charge is 0.318 e. The van der Waals surface area contributed by atoms with Crippen molar-refractivity contribution < 1.29 is 0 Å². The van der Waals surface area contributed by atoms with E-state index in [9.17, 15) is 9.59 Å². The van der Waals surface area contributed by atoms with Crippen LogP contribution < -0.4 is 11.2 Å². The molecule has 0 spiro atoms. The molecule has 21 heavy (non-hydrogen) atoms. The molecule has 3 aromatic rings. The fourth-order valence-corrected chi connectivity index (χ4v) is 2.53. The Bertz CT molecular complexity index is 903. The summed E-state index contributed by atoms with van der Waals surface area (Å²) >= 11 is 0.